The fourth-order valence-electron chi connectivity index (χ4n) is 2.21. The van der Waals surface area contributed by atoms with Crippen molar-refractivity contribution in [3.05, 3.63) is 23.8 Å². The maximum Gasteiger partial charge on any atom is 0.422 e. The van der Waals surface area contributed by atoms with Crippen molar-refractivity contribution in [3.8, 4) is 11.5 Å². The second kappa shape index (κ2) is 12.3. The summed E-state index contributed by atoms with van der Waals surface area (Å²) in [6, 6.07) is 4.77. The van der Waals surface area contributed by atoms with Crippen molar-refractivity contribution >= 4 is 5.96 Å². The maximum atomic E-state index is 12.3. The molecular formula is C19H30F3N3O3. The standard InChI is InChI=1S/C19H30F3N3O3/c1-14(2)12-27-9-5-8-24-18(23-3)25-11-15-6-7-16(17(10-15)26-4)28-13-19(20,21)22/h6-7,10,14H,5,8-9,11-13H2,1-4H3,(H2,23,24,25). The van der Waals surface area contributed by atoms with E-state index < -0.39 is 12.8 Å². The van der Waals surface area contributed by atoms with E-state index in [0.29, 0.717) is 31.6 Å². The lowest BCUT2D eigenvalue weighted by Crippen LogP contribution is -2.37. The molecule has 0 heterocycles. The van der Waals surface area contributed by atoms with Gasteiger partial charge in [-0.25, -0.2) is 0 Å². The van der Waals surface area contributed by atoms with Gasteiger partial charge in [0.25, 0.3) is 0 Å². The number of benzene rings is 1. The van der Waals surface area contributed by atoms with Crippen LogP contribution in [0.2, 0.25) is 0 Å². The summed E-state index contributed by atoms with van der Waals surface area (Å²) < 4.78 is 52.3. The number of alkyl halides is 3. The van der Waals surface area contributed by atoms with E-state index in [0.717, 1.165) is 18.6 Å². The zero-order valence-corrected chi connectivity index (χ0v) is 16.9. The highest BCUT2D eigenvalue weighted by Crippen LogP contribution is 2.29. The predicted octanol–water partition coefficient (Wildman–Crippen LogP) is 3.36. The Balaban J connectivity index is 2.45. The van der Waals surface area contributed by atoms with Gasteiger partial charge in [0.1, 0.15) is 0 Å². The van der Waals surface area contributed by atoms with Crippen LogP contribution in [0.3, 0.4) is 0 Å². The Labute approximate surface area is 164 Å². The molecule has 9 heteroatoms. The Kier molecular flexibility index (Phi) is 10.5. The second-order valence-electron chi connectivity index (χ2n) is 6.56. The first-order chi connectivity index (χ1) is 13.2. The Hall–Kier alpha value is -2.16. The van der Waals surface area contributed by atoms with Crippen LogP contribution in [0.25, 0.3) is 0 Å². The molecule has 0 aliphatic heterocycles. The first-order valence-corrected chi connectivity index (χ1v) is 9.14. The first kappa shape index (κ1) is 23.9. The molecule has 6 nitrogen and oxygen atoms in total. The van der Waals surface area contributed by atoms with Crippen molar-refractivity contribution < 1.29 is 27.4 Å². The zero-order chi connectivity index (χ0) is 21.0. The van der Waals surface area contributed by atoms with Crippen LogP contribution in [-0.4, -0.2) is 52.7 Å². The van der Waals surface area contributed by atoms with Gasteiger partial charge >= 0.3 is 6.18 Å². The molecule has 0 aromatic heterocycles. The molecule has 0 spiro atoms. The minimum atomic E-state index is -4.40. The van der Waals surface area contributed by atoms with Crippen molar-refractivity contribution in [2.45, 2.75) is 33.0 Å². The molecule has 0 atom stereocenters. The van der Waals surface area contributed by atoms with Crippen molar-refractivity contribution in [1.29, 1.82) is 0 Å². The van der Waals surface area contributed by atoms with Gasteiger partial charge in [-0.05, 0) is 30.0 Å². The highest BCUT2D eigenvalue weighted by atomic mass is 19.4. The molecule has 0 radical (unpaired) electrons. The van der Waals surface area contributed by atoms with Crippen LogP contribution >= 0.6 is 0 Å². The smallest absolute Gasteiger partial charge is 0.422 e. The SMILES string of the molecule is CN=C(NCCCOCC(C)C)NCc1ccc(OCC(F)(F)F)c(OC)c1. The molecule has 28 heavy (non-hydrogen) atoms. The van der Waals surface area contributed by atoms with Gasteiger partial charge in [0.05, 0.1) is 7.11 Å². The van der Waals surface area contributed by atoms with Crippen LogP contribution in [-0.2, 0) is 11.3 Å². The summed E-state index contributed by atoms with van der Waals surface area (Å²) in [6.45, 7) is 5.42. The molecule has 0 fully saturated rings. The lowest BCUT2D eigenvalue weighted by atomic mass is 10.2. The van der Waals surface area contributed by atoms with Gasteiger partial charge in [-0.15, -0.1) is 0 Å². The van der Waals surface area contributed by atoms with E-state index in [9.17, 15) is 13.2 Å². The van der Waals surface area contributed by atoms with Crippen molar-refractivity contribution in [2.24, 2.45) is 10.9 Å². The summed E-state index contributed by atoms with van der Waals surface area (Å²) >= 11 is 0. The third-order valence-electron chi connectivity index (χ3n) is 3.51. The summed E-state index contributed by atoms with van der Waals surface area (Å²) in [4.78, 5) is 4.14. The number of guanidine groups is 1. The third kappa shape index (κ3) is 10.2. The van der Waals surface area contributed by atoms with Crippen molar-refractivity contribution in [1.82, 2.24) is 10.6 Å². The van der Waals surface area contributed by atoms with Crippen LogP contribution < -0.4 is 20.1 Å². The number of rotatable bonds is 11. The van der Waals surface area contributed by atoms with Gasteiger partial charge in [-0.3, -0.25) is 4.99 Å². The maximum absolute atomic E-state index is 12.3. The molecule has 0 aliphatic rings. The minimum absolute atomic E-state index is 0.0486. The molecule has 1 aromatic carbocycles. The quantitative estimate of drug-likeness (QED) is 0.336. The van der Waals surface area contributed by atoms with Crippen LogP contribution in [0.1, 0.15) is 25.8 Å². The summed E-state index contributed by atoms with van der Waals surface area (Å²) in [7, 11) is 3.05. The molecule has 0 unspecified atom stereocenters. The Morgan fingerprint density at radius 1 is 1.18 bits per heavy atom. The van der Waals surface area contributed by atoms with E-state index in [1.807, 2.05) is 0 Å². The second-order valence-corrected chi connectivity index (χ2v) is 6.56. The van der Waals surface area contributed by atoms with E-state index in [1.54, 1.807) is 19.2 Å². The topological polar surface area (TPSA) is 64.1 Å². The summed E-state index contributed by atoms with van der Waals surface area (Å²) in [6.07, 6.45) is -3.55. The van der Waals surface area contributed by atoms with Crippen molar-refractivity contribution in [3.63, 3.8) is 0 Å². The number of hydrogen-bond acceptors (Lipinski definition) is 4. The Morgan fingerprint density at radius 2 is 1.93 bits per heavy atom. The van der Waals surface area contributed by atoms with E-state index in [-0.39, 0.29) is 11.5 Å². The number of nitrogens with zero attached hydrogens (tertiary/aromatic N) is 1. The van der Waals surface area contributed by atoms with Crippen molar-refractivity contribution in [2.75, 3.05) is 40.5 Å². The van der Waals surface area contributed by atoms with Gasteiger partial charge < -0.3 is 24.8 Å². The molecule has 0 bridgehead atoms. The van der Waals surface area contributed by atoms with Gasteiger partial charge in [-0.1, -0.05) is 19.9 Å². The average Bonchev–Trinajstić information content (AvgIpc) is 2.64. The van der Waals surface area contributed by atoms with Crippen LogP contribution in [0.5, 0.6) is 11.5 Å². The van der Waals surface area contributed by atoms with E-state index in [2.05, 4.69) is 29.5 Å². The van der Waals surface area contributed by atoms with Gasteiger partial charge in [0.2, 0.25) is 0 Å². The largest absolute Gasteiger partial charge is 0.493 e. The van der Waals surface area contributed by atoms with Gasteiger partial charge in [-0.2, -0.15) is 13.2 Å². The average molecular weight is 405 g/mol. The molecule has 2 N–H and O–H groups in total. The molecule has 0 amide bonds. The van der Waals surface area contributed by atoms with Crippen LogP contribution in [0.4, 0.5) is 13.2 Å². The van der Waals surface area contributed by atoms with Gasteiger partial charge in [0.15, 0.2) is 24.1 Å². The highest BCUT2D eigenvalue weighted by molar-refractivity contribution is 5.79. The monoisotopic (exact) mass is 405 g/mol. The molecular weight excluding hydrogens is 375 g/mol. The number of halogens is 3. The van der Waals surface area contributed by atoms with E-state index >= 15 is 0 Å². The molecule has 0 saturated carbocycles. The number of methoxy groups -OCH3 is 1. The molecule has 0 saturated heterocycles. The predicted molar refractivity (Wildman–Crippen MR) is 103 cm³/mol. The first-order valence-electron chi connectivity index (χ1n) is 9.14. The normalized spacial score (nSPS) is 12.2. The number of aliphatic imine (C=N–C) groups is 1. The fraction of sp³-hybridized carbons (Fsp3) is 0.632. The third-order valence-corrected chi connectivity index (χ3v) is 3.51. The summed E-state index contributed by atoms with van der Waals surface area (Å²) in [5.74, 6) is 1.44. The molecule has 0 aliphatic carbocycles. The molecule has 1 aromatic rings. The summed E-state index contributed by atoms with van der Waals surface area (Å²) in [5.41, 5.74) is 0.819. The van der Waals surface area contributed by atoms with Crippen LogP contribution in [0.15, 0.2) is 23.2 Å². The summed E-state index contributed by atoms with van der Waals surface area (Å²) in [5, 5.41) is 6.33. The Bertz CT molecular complexity index is 608. The van der Waals surface area contributed by atoms with E-state index in [1.165, 1.54) is 13.2 Å². The minimum Gasteiger partial charge on any atom is -0.493 e. The lowest BCUT2D eigenvalue weighted by molar-refractivity contribution is -0.153. The van der Waals surface area contributed by atoms with Crippen LogP contribution in [0, 0.1) is 5.92 Å². The molecule has 1 rings (SSSR count). The fourth-order valence-corrected chi connectivity index (χ4v) is 2.21. The lowest BCUT2D eigenvalue weighted by Gasteiger charge is -2.15. The van der Waals surface area contributed by atoms with E-state index in [4.69, 9.17) is 14.2 Å². The number of nitrogens with one attached hydrogen (secondary N) is 2. The Morgan fingerprint density at radius 3 is 2.54 bits per heavy atom. The number of hydrogen-bond donors (Lipinski definition) is 2. The molecule has 160 valence electrons. The highest BCUT2D eigenvalue weighted by Gasteiger charge is 2.29. The van der Waals surface area contributed by atoms with Gasteiger partial charge in [0, 0.05) is 33.4 Å². The zero-order valence-electron chi connectivity index (χ0n) is 16.9. The number of ether oxygens (including phenoxy) is 3.